The van der Waals surface area contributed by atoms with Gasteiger partial charge in [-0.25, -0.2) is 4.39 Å². The minimum Gasteiger partial charge on any atom is -0.274 e. The lowest BCUT2D eigenvalue weighted by molar-refractivity contribution is 0.0531. The van der Waals surface area contributed by atoms with Gasteiger partial charge in [0.05, 0.1) is 0 Å². The number of nitrogens with zero attached hydrogens (tertiary/aromatic N) is 1. The van der Waals surface area contributed by atoms with Gasteiger partial charge in [-0.2, -0.15) is 0 Å². The Morgan fingerprint density at radius 2 is 1.60 bits per heavy atom. The van der Waals surface area contributed by atoms with Crippen molar-refractivity contribution in [1.29, 1.82) is 0 Å². The fourth-order valence-electron chi connectivity index (χ4n) is 0.994. The Kier molecular flexibility index (Phi) is 4.62. The normalized spacial score (nSPS) is 14.7. The van der Waals surface area contributed by atoms with Crippen molar-refractivity contribution in [3.63, 3.8) is 0 Å². The summed E-state index contributed by atoms with van der Waals surface area (Å²) in [6.45, 7) is 9.38. The standard InChI is InChI=1S/C8H18FN/c1-5-10(6-2)8(9)7(3)4/h7-8H,5-6H2,1-4H3. The van der Waals surface area contributed by atoms with Crippen molar-refractivity contribution in [3.05, 3.63) is 0 Å². The molecule has 1 atom stereocenters. The Bertz CT molecular complexity index is 79.3. The molecule has 0 aliphatic carbocycles. The molecule has 0 heterocycles. The van der Waals surface area contributed by atoms with Gasteiger partial charge in [0.15, 0.2) is 6.30 Å². The second kappa shape index (κ2) is 4.67. The highest BCUT2D eigenvalue weighted by Gasteiger charge is 2.16. The molecule has 62 valence electrons. The summed E-state index contributed by atoms with van der Waals surface area (Å²) >= 11 is 0. The van der Waals surface area contributed by atoms with Gasteiger partial charge in [-0.15, -0.1) is 0 Å². The number of hydrogen-bond donors (Lipinski definition) is 0. The zero-order valence-corrected chi connectivity index (χ0v) is 7.39. The molecule has 0 fully saturated rings. The van der Waals surface area contributed by atoms with Crippen LogP contribution in [0.2, 0.25) is 0 Å². The first-order valence-electron chi connectivity index (χ1n) is 4.01. The minimum atomic E-state index is -0.769. The van der Waals surface area contributed by atoms with Gasteiger partial charge in [0.2, 0.25) is 0 Å². The summed E-state index contributed by atoms with van der Waals surface area (Å²) in [7, 11) is 0. The van der Waals surface area contributed by atoms with Gasteiger partial charge in [0.25, 0.3) is 0 Å². The molecule has 1 unspecified atom stereocenters. The van der Waals surface area contributed by atoms with E-state index in [1.165, 1.54) is 0 Å². The first-order chi connectivity index (χ1) is 4.63. The Hall–Kier alpha value is -0.110. The van der Waals surface area contributed by atoms with Crippen LogP contribution in [0.1, 0.15) is 27.7 Å². The molecule has 1 nitrogen and oxygen atoms in total. The van der Waals surface area contributed by atoms with Gasteiger partial charge in [0, 0.05) is 0 Å². The lowest BCUT2D eigenvalue weighted by Gasteiger charge is -2.25. The van der Waals surface area contributed by atoms with Gasteiger partial charge >= 0.3 is 0 Å². The molecule has 0 bridgehead atoms. The third-order valence-electron chi connectivity index (χ3n) is 1.71. The van der Waals surface area contributed by atoms with Crippen molar-refractivity contribution in [3.8, 4) is 0 Å². The van der Waals surface area contributed by atoms with E-state index in [0.717, 1.165) is 13.1 Å². The number of hydrogen-bond acceptors (Lipinski definition) is 1. The Labute approximate surface area is 63.2 Å². The van der Waals surface area contributed by atoms with Gasteiger partial charge < -0.3 is 0 Å². The molecule has 0 aromatic rings. The molecule has 0 aliphatic rings. The summed E-state index contributed by atoms with van der Waals surface area (Å²) in [4.78, 5) is 1.82. The van der Waals surface area contributed by atoms with Gasteiger partial charge in [-0.05, 0) is 19.0 Å². The number of halogens is 1. The van der Waals surface area contributed by atoms with Crippen LogP contribution in [0.3, 0.4) is 0 Å². The van der Waals surface area contributed by atoms with E-state index in [2.05, 4.69) is 0 Å². The molecule has 0 rings (SSSR count). The van der Waals surface area contributed by atoms with Crippen molar-refractivity contribution in [2.45, 2.75) is 34.0 Å². The highest BCUT2D eigenvalue weighted by molar-refractivity contribution is 4.61. The van der Waals surface area contributed by atoms with Crippen molar-refractivity contribution < 1.29 is 4.39 Å². The molecular weight excluding hydrogens is 129 g/mol. The average Bonchev–Trinajstić information content (AvgIpc) is 1.90. The monoisotopic (exact) mass is 147 g/mol. The summed E-state index contributed by atoms with van der Waals surface area (Å²) < 4.78 is 13.1. The summed E-state index contributed by atoms with van der Waals surface area (Å²) in [6, 6.07) is 0. The quantitative estimate of drug-likeness (QED) is 0.551. The van der Waals surface area contributed by atoms with Crippen LogP contribution in [-0.2, 0) is 0 Å². The topological polar surface area (TPSA) is 3.24 Å². The predicted octanol–water partition coefficient (Wildman–Crippen LogP) is 2.28. The van der Waals surface area contributed by atoms with Crippen LogP contribution in [0.25, 0.3) is 0 Å². The van der Waals surface area contributed by atoms with Crippen molar-refractivity contribution in [1.82, 2.24) is 4.90 Å². The van der Waals surface area contributed by atoms with Crippen LogP contribution in [0, 0.1) is 5.92 Å². The molecule has 0 aromatic heterocycles. The fourth-order valence-corrected chi connectivity index (χ4v) is 0.994. The van der Waals surface area contributed by atoms with E-state index in [9.17, 15) is 4.39 Å². The van der Waals surface area contributed by atoms with Crippen LogP contribution < -0.4 is 0 Å². The zero-order valence-electron chi connectivity index (χ0n) is 7.39. The molecule has 0 aromatic carbocycles. The van der Waals surface area contributed by atoms with E-state index >= 15 is 0 Å². The SMILES string of the molecule is CCN(CC)C(F)C(C)C. The molecular formula is C8H18FN. The molecule has 2 heteroatoms. The van der Waals surface area contributed by atoms with Crippen LogP contribution in [0.15, 0.2) is 0 Å². The smallest absolute Gasteiger partial charge is 0.155 e. The molecule has 0 spiro atoms. The van der Waals surface area contributed by atoms with E-state index in [1.807, 2.05) is 32.6 Å². The largest absolute Gasteiger partial charge is 0.274 e. The Morgan fingerprint density at radius 1 is 1.20 bits per heavy atom. The molecule has 0 saturated heterocycles. The Morgan fingerprint density at radius 3 is 1.70 bits per heavy atom. The first kappa shape index (κ1) is 9.89. The summed E-state index contributed by atoms with van der Waals surface area (Å²) in [5.41, 5.74) is 0. The maximum Gasteiger partial charge on any atom is 0.155 e. The predicted molar refractivity (Wildman–Crippen MR) is 42.7 cm³/mol. The van der Waals surface area contributed by atoms with Gasteiger partial charge in [0.1, 0.15) is 0 Å². The maximum atomic E-state index is 13.1. The summed E-state index contributed by atoms with van der Waals surface area (Å²) in [6.07, 6.45) is -0.769. The van der Waals surface area contributed by atoms with E-state index in [0.29, 0.717) is 0 Å². The summed E-state index contributed by atoms with van der Waals surface area (Å²) in [5.74, 6) is 0.111. The van der Waals surface area contributed by atoms with Gasteiger partial charge in [-0.3, -0.25) is 4.90 Å². The molecule has 0 N–H and O–H groups in total. The number of alkyl halides is 1. The third kappa shape index (κ3) is 2.65. The number of rotatable bonds is 4. The minimum absolute atomic E-state index is 0.111. The van der Waals surface area contributed by atoms with Crippen LogP contribution in [-0.4, -0.2) is 24.3 Å². The first-order valence-corrected chi connectivity index (χ1v) is 4.01. The van der Waals surface area contributed by atoms with Crippen LogP contribution in [0.5, 0.6) is 0 Å². The summed E-state index contributed by atoms with van der Waals surface area (Å²) in [5, 5.41) is 0. The second-order valence-electron chi connectivity index (χ2n) is 2.84. The average molecular weight is 147 g/mol. The lowest BCUT2D eigenvalue weighted by Crippen LogP contribution is -2.35. The second-order valence-corrected chi connectivity index (χ2v) is 2.84. The molecule has 10 heavy (non-hydrogen) atoms. The van der Waals surface area contributed by atoms with E-state index in [-0.39, 0.29) is 5.92 Å². The van der Waals surface area contributed by atoms with Crippen LogP contribution >= 0.6 is 0 Å². The lowest BCUT2D eigenvalue weighted by atomic mass is 10.2. The Balaban J connectivity index is 3.76. The van der Waals surface area contributed by atoms with Gasteiger partial charge in [-0.1, -0.05) is 27.7 Å². The fraction of sp³-hybridized carbons (Fsp3) is 1.00. The van der Waals surface area contributed by atoms with Crippen molar-refractivity contribution in [2.75, 3.05) is 13.1 Å². The highest BCUT2D eigenvalue weighted by Crippen LogP contribution is 2.10. The molecule has 0 saturated carbocycles. The van der Waals surface area contributed by atoms with E-state index < -0.39 is 6.30 Å². The highest BCUT2D eigenvalue weighted by atomic mass is 19.1. The van der Waals surface area contributed by atoms with Crippen LogP contribution in [0.4, 0.5) is 4.39 Å². The maximum absolute atomic E-state index is 13.1. The van der Waals surface area contributed by atoms with Crippen molar-refractivity contribution in [2.24, 2.45) is 5.92 Å². The molecule has 0 aliphatic heterocycles. The van der Waals surface area contributed by atoms with Crippen molar-refractivity contribution >= 4 is 0 Å². The van der Waals surface area contributed by atoms with E-state index in [4.69, 9.17) is 0 Å². The molecule has 0 amide bonds. The zero-order chi connectivity index (χ0) is 8.15. The van der Waals surface area contributed by atoms with E-state index in [1.54, 1.807) is 0 Å². The third-order valence-corrected chi connectivity index (χ3v) is 1.71. The molecule has 0 radical (unpaired) electrons.